The number of β-lactam (4-membered cyclic amide) rings is 1. The number of anilines is 1. The van der Waals surface area contributed by atoms with E-state index < -0.39 is 18.0 Å². The Bertz CT molecular complexity index is 976. The molecule has 32 heavy (non-hydrogen) atoms. The van der Waals surface area contributed by atoms with Crippen LogP contribution >= 0.6 is 11.8 Å². The molecule has 1 amide bonds. The molecule has 174 valence electrons. The molecule has 3 N–H and O–H groups in total. The summed E-state index contributed by atoms with van der Waals surface area (Å²) in [6, 6.07) is 2.33. The minimum atomic E-state index is -1.05. The first-order valence-corrected chi connectivity index (χ1v) is 12.3. The third kappa shape index (κ3) is 3.34. The Hall–Kier alpha value is -2.04. The molecule has 4 aliphatic rings. The van der Waals surface area contributed by atoms with Crippen LogP contribution < -0.4 is 14.9 Å². The van der Waals surface area contributed by atoms with Crippen molar-refractivity contribution in [1.82, 2.24) is 14.9 Å². The molecule has 0 unspecified atom stereocenters. The number of aliphatic hydroxyl groups is 1. The zero-order valence-electron chi connectivity index (χ0n) is 18.8. The highest BCUT2D eigenvalue weighted by Gasteiger charge is 2.60. The molecule has 2 fully saturated rings. The highest BCUT2D eigenvalue weighted by Crippen LogP contribution is 2.51. The van der Waals surface area contributed by atoms with E-state index in [4.69, 9.17) is 0 Å². The largest absolute Gasteiger partial charge is 0.477 e. The smallest absolute Gasteiger partial charge is 0.353 e. The van der Waals surface area contributed by atoms with E-state index in [1.165, 1.54) is 10.7 Å². The first-order valence-electron chi connectivity index (χ1n) is 11.5. The zero-order chi connectivity index (χ0) is 22.7. The molecule has 5 heterocycles. The number of hydrogen-bond donors (Lipinski definition) is 3. The average Bonchev–Trinajstić information content (AvgIpc) is 3.47. The lowest BCUT2D eigenvalue weighted by Crippen LogP contribution is -2.63. The van der Waals surface area contributed by atoms with Crippen molar-refractivity contribution in [3.8, 4) is 0 Å². The summed E-state index contributed by atoms with van der Waals surface area (Å²) in [5.74, 6) is -0.619. The number of carboxylic acid groups (broad SMARTS) is 1. The van der Waals surface area contributed by atoms with Crippen LogP contribution in [0.3, 0.4) is 0 Å². The molecule has 0 aliphatic carbocycles. The summed E-state index contributed by atoms with van der Waals surface area (Å²) in [4.78, 5) is 29.2. The molecule has 1 aromatic rings. The van der Waals surface area contributed by atoms with Crippen molar-refractivity contribution in [2.45, 2.75) is 56.7 Å². The second kappa shape index (κ2) is 8.07. The maximum absolute atomic E-state index is 12.5. The van der Waals surface area contributed by atoms with Crippen LogP contribution in [0.4, 0.5) is 5.82 Å². The summed E-state index contributed by atoms with van der Waals surface area (Å²) in [6.07, 6.45) is 3.35. The fourth-order valence-corrected chi connectivity index (χ4v) is 7.38. The van der Waals surface area contributed by atoms with Gasteiger partial charge in [0, 0.05) is 41.7 Å². The Morgan fingerprint density at radius 1 is 1.41 bits per heavy atom. The number of aromatic nitrogens is 2. The minimum absolute atomic E-state index is 0.0689. The van der Waals surface area contributed by atoms with Crippen molar-refractivity contribution in [3.05, 3.63) is 22.9 Å². The van der Waals surface area contributed by atoms with Gasteiger partial charge in [-0.05, 0) is 19.8 Å². The third-order valence-electron chi connectivity index (χ3n) is 7.52. The standard InChI is InChI=1S/C22H31N5O4S/c1-12-18-17(13(2)28)21(29)27(18)19(22(30)31)20(12)32-15-10-14(23-11-15)4-7-25-8-9-26-16(25)5-6-24(26)3/h5-6,12-15,17-18,23,28H,4,7-11H2,1-3H3/p+1/t12-,13-,14-,15+,17-,18-/m1/s1. The summed E-state index contributed by atoms with van der Waals surface area (Å²) >= 11 is 1.62. The fourth-order valence-electron chi connectivity index (χ4n) is 5.86. The maximum atomic E-state index is 12.5. The first-order chi connectivity index (χ1) is 15.3. The van der Waals surface area contributed by atoms with Gasteiger partial charge in [-0.3, -0.25) is 4.79 Å². The number of aliphatic carboxylic acids is 1. The minimum Gasteiger partial charge on any atom is -0.477 e. The number of hydrogen-bond acceptors (Lipinski definition) is 6. The number of carbonyl (C=O) groups is 2. The molecule has 0 radical (unpaired) electrons. The molecule has 0 bridgehead atoms. The normalized spacial score (nSPS) is 32.4. The van der Waals surface area contributed by atoms with Gasteiger partial charge in [0.05, 0.1) is 30.7 Å². The predicted molar refractivity (Wildman–Crippen MR) is 120 cm³/mol. The topological polar surface area (TPSA) is 102 Å². The molecule has 4 aliphatic heterocycles. The number of carbonyl (C=O) groups excluding carboxylic acids is 1. The Balaban J connectivity index is 1.21. The van der Waals surface area contributed by atoms with Gasteiger partial charge in [-0.1, -0.05) is 6.92 Å². The van der Waals surface area contributed by atoms with Crippen LogP contribution in [0.15, 0.2) is 22.9 Å². The number of fused-ring (bicyclic) bond motifs is 2. The van der Waals surface area contributed by atoms with Crippen molar-refractivity contribution < 1.29 is 24.5 Å². The molecule has 5 rings (SSSR count). The van der Waals surface area contributed by atoms with Crippen LogP contribution in [-0.2, 0) is 23.2 Å². The number of amides is 1. The second-order valence-electron chi connectivity index (χ2n) is 9.50. The number of nitrogens with zero attached hydrogens (tertiary/aromatic N) is 4. The molecule has 0 saturated carbocycles. The second-order valence-corrected chi connectivity index (χ2v) is 10.8. The average molecular weight is 463 g/mol. The van der Waals surface area contributed by atoms with Crippen molar-refractivity contribution in [2.24, 2.45) is 18.9 Å². The van der Waals surface area contributed by atoms with Gasteiger partial charge in [-0.25, -0.2) is 4.79 Å². The van der Waals surface area contributed by atoms with E-state index in [0.29, 0.717) is 6.04 Å². The van der Waals surface area contributed by atoms with Gasteiger partial charge in [-0.15, -0.1) is 21.1 Å². The van der Waals surface area contributed by atoms with Crippen molar-refractivity contribution in [3.63, 3.8) is 0 Å². The van der Waals surface area contributed by atoms with Crippen LogP contribution in [0.2, 0.25) is 0 Å². The van der Waals surface area contributed by atoms with E-state index in [9.17, 15) is 19.8 Å². The van der Waals surface area contributed by atoms with Crippen LogP contribution in [0.1, 0.15) is 26.7 Å². The quantitative estimate of drug-likeness (QED) is 0.391. The Kier molecular flexibility index (Phi) is 5.50. The highest BCUT2D eigenvalue weighted by atomic mass is 32.2. The van der Waals surface area contributed by atoms with E-state index in [2.05, 4.69) is 38.9 Å². The lowest BCUT2D eigenvalue weighted by molar-refractivity contribution is -0.751. The summed E-state index contributed by atoms with van der Waals surface area (Å²) < 4.78 is 4.41. The Labute approximate surface area is 192 Å². The van der Waals surface area contributed by atoms with E-state index >= 15 is 0 Å². The Morgan fingerprint density at radius 2 is 2.19 bits per heavy atom. The molecule has 9 nitrogen and oxygen atoms in total. The van der Waals surface area contributed by atoms with Crippen molar-refractivity contribution >= 4 is 29.5 Å². The van der Waals surface area contributed by atoms with Gasteiger partial charge in [0.25, 0.3) is 0 Å². The summed E-state index contributed by atoms with van der Waals surface area (Å²) in [5.41, 5.74) is 0.128. The fraction of sp³-hybridized carbons (Fsp3) is 0.682. The summed E-state index contributed by atoms with van der Waals surface area (Å²) in [6.45, 7) is 7.49. The monoisotopic (exact) mass is 462 g/mol. The zero-order valence-corrected chi connectivity index (χ0v) is 19.6. The summed E-state index contributed by atoms with van der Waals surface area (Å²) in [7, 11) is 2.07. The van der Waals surface area contributed by atoms with Crippen LogP contribution in [0, 0.1) is 11.8 Å². The number of thioether (sulfide) groups is 1. The number of nitrogens with one attached hydrogen (secondary N) is 1. The molecule has 2 saturated heterocycles. The lowest BCUT2D eigenvalue weighted by atomic mass is 9.79. The molecular weight excluding hydrogens is 430 g/mol. The molecule has 0 aromatic carbocycles. The molecular formula is C22H32N5O4S+. The van der Waals surface area contributed by atoms with Gasteiger partial charge in [0.1, 0.15) is 5.70 Å². The van der Waals surface area contributed by atoms with Crippen LogP contribution in [-0.4, -0.2) is 74.7 Å². The Morgan fingerprint density at radius 3 is 2.91 bits per heavy atom. The van der Waals surface area contributed by atoms with Crippen molar-refractivity contribution in [2.75, 3.05) is 24.5 Å². The van der Waals surface area contributed by atoms with Gasteiger partial charge in [0.15, 0.2) is 19.1 Å². The van der Waals surface area contributed by atoms with Crippen LogP contribution in [0.5, 0.6) is 0 Å². The van der Waals surface area contributed by atoms with Gasteiger partial charge < -0.3 is 25.3 Å². The lowest BCUT2D eigenvalue weighted by Gasteiger charge is -2.46. The number of aliphatic hydroxyl groups excluding tert-OH is 1. The maximum Gasteiger partial charge on any atom is 0.353 e. The number of carboxylic acids is 1. The molecule has 0 spiro atoms. The molecule has 1 aromatic heterocycles. The van der Waals surface area contributed by atoms with E-state index in [1.807, 2.05) is 6.92 Å². The van der Waals surface area contributed by atoms with Crippen molar-refractivity contribution in [1.29, 1.82) is 0 Å². The predicted octanol–water partition coefficient (Wildman–Crippen LogP) is 0.140. The summed E-state index contributed by atoms with van der Waals surface area (Å²) in [5, 5.41) is 23.7. The van der Waals surface area contributed by atoms with Gasteiger partial charge >= 0.3 is 5.97 Å². The highest BCUT2D eigenvalue weighted by molar-refractivity contribution is 8.03. The SMILES string of the molecule is C[C@@H](O)[C@H]1C(=O)N2C(C(=O)O)=C(S[C@@H]3CN[C@H](CCN4CCn5c4cc[n+]5C)C3)[C@H](C)[C@H]12. The van der Waals surface area contributed by atoms with Gasteiger partial charge in [0.2, 0.25) is 5.91 Å². The number of rotatable bonds is 7. The van der Waals surface area contributed by atoms with E-state index in [0.717, 1.165) is 43.9 Å². The first kappa shape index (κ1) is 21.8. The number of aryl methyl sites for hydroxylation is 1. The molecule has 6 atom stereocenters. The van der Waals surface area contributed by atoms with E-state index in [-0.39, 0.29) is 28.8 Å². The third-order valence-corrected chi connectivity index (χ3v) is 9.04. The van der Waals surface area contributed by atoms with Gasteiger partial charge in [-0.2, -0.15) is 0 Å². The van der Waals surface area contributed by atoms with E-state index in [1.54, 1.807) is 18.7 Å². The molecule has 10 heteroatoms. The van der Waals surface area contributed by atoms with Crippen LogP contribution in [0.25, 0.3) is 0 Å².